The summed E-state index contributed by atoms with van der Waals surface area (Å²) < 4.78 is 24.9. The van der Waals surface area contributed by atoms with Crippen molar-refractivity contribution in [3.63, 3.8) is 0 Å². The van der Waals surface area contributed by atoms with Gasteiger partial charge >= 0.3 is 0 Å². The summed E-state index contributed by atoms with van der Waals surface area (Å²) >= 11 is 0. The van der Waals surface area contributed by atoms with Gasteiger partial charge in [0.05, 0.1) is 4.92 Å². The standard InChI is InChI=1S/C11H15F2N3O2/c1-7(14)4-5-15-9-3-2-8(11(12)13)6-10(9)16(17)18/h2-3,6-7,11,15H,4-5,14H2,1H3. The van der Waals surface area contributed by atoms with Gasteiger partial charge in [0, 0.05) is 24.2 Å². The molecule has 1 aromatic rings. The first-order chi connectivity index (χ1) is 8.41. The fourth-order valence-electron chi connectivity index (χ4n) is 1.42. The Morgan fingerprint density at radius 3 is 2.67 bits per heavy atom. The number of hydrogen-bond donors (Lipinski definition) is 2. The van der Waals surface area contributed by atoms with Crippen LogP contribution in [0.5, 0.6) is 0 Å². The Kier molecular flexibility index (Phi) is 4.96. The van der Waals surface area contributed by atoms with Crippen LogP contribution in [0.15, 0.2) is 18.2 Å². The average Bonchev–Trinajstić information content (AvgIpc) is 2.28. The molecule has 0 aliphatic rings. The predicted octanol–water partition coefficient (Wildman–Crippen LogP) is 2.68. The smallest absolute Gasteiger partial charge is 0.292 e. The zero-order chi connectivity index (χ0) is 13.7. The molecule has 0 bridgehead atoms. The fraction of sp³-hybridized carbons (Fsp3) is 0.455. The van der Waals surface area contributed by atoms with E-state index in [1.807, 2.05) is 6.92 Å². The Morgan fingerprint density at radius 1 is 1.50 bits per heavy atom. The number of nitrogens with one attached hydrogen (secondary N) is 1. The molecule has 1 unspecified atom stereocenters. The molecule has 0 heterocycles. The van der Waals surface area contributed by atoms with Gasteiger partial charge < -0.3 is 11.1 Å². The molecular formula is C11H15F2N3O2. The molecule has 0 spiro atoms. The fourth-order valence-corrected chi connectivity index (χ4v) is 1.42. The van der Waals surface area contributed by atoms with Crippen LogP contribution < -0.4 is 11.1 Å². The summed E-state index contributed by atoms with van der Waals surface area (Å²) in [7, 11) is 0. The van der Waals surface area contributed by atoms with Gasteiger partial charge in [-0.2, -0.15) is 0 Å². The molecule has 18 heavy (non-hydrogen) atoms. The molecule has 0 amide bonds. The van der Waals surface area contributed by atoms with Gasteiger partial charge in [-0.25, -0.2) is 8.78 Å². The van der Waals surface area contributed by atoms with Gasteiger partial charge in [0.15, 0.2) is 0 Å². The third-order valence-corrected chi connectivity index (χ3v) is 2.39. The van der Waals surface area contributed by atoms with Crippen molar-refractivity contribution in [3.8, 4) is 0 Å². The number of halogens is 2. The Hall–Kier alpha value is -1.76. The van der Waals surface area contributed by atoms with Crippen molar-refractivity contribution < 1.29 is 13.7 Å². The number of alkyl halides is 2. The van der Waals surface area contributed by atoms with Gasteiger partial charge in [0.25, 0.3) is 12.1 Å². The number of rotatable bonds is 6. The quantitative estimate of drug-likeness (QED) is 0.608. The topological polar surface area (TPSA) is 81.2 Å². The lowest BCUT2D eigenvalue weighted by Gasteiger charge is -2.09. The summed E-state index contributed by atoms with van der Waals surface area (Å²) in [5, 5.41) is 13.6. The first-order valence-corrected chi connectivity index (χ1v) is 5.47. The van der Waals surface area contributed by atoms with Crippen LogP contribution in [-0.4, -0.2) is 17.5 Å². The van der Waals surface area contributed by atoms with Crippen LogP contribution in [0, 0.1) is 10.1 Å². The van der Waals surface area contributed by atoms with E-state index in [0.717, 1.165) is 6.07 Å². The van der Waals surface area contributed by atoms with Crippen LogP contribution >= 0.6 is 0 Å². The molecule has 1 rings (SSSR count). The zero-order valence-corrected chi connectivity index (χ0v) is 9.90. The van der Waals surface area contributed by atoms with Gasteiger partial charge in [0.1, 0.15) is 5.69 Å². The number of nitrogens with zero attached hydrogens (tertiary/aromatic N) is 1. The lowest BCUT2D eigenvalue weighted by atomic mass is 10.1. The molecule has 1 atom stereocenters. The summed E-state index contributed by atoms with van der Waals surface area (Å²) in [5.41, 5.74) is 5.06. The molecule has 0 fully saturated rings. The number of anilines is 1. The van der Waals surface area contributed by atoms with Crippen molar-refractivity contribution in [2.45, 2.75) is 25.8 Å². The molecule has 100 valence electrons. The molecule has 0 aliphatic carbocycles. The van der Waals surface area contributed by atoms with Gasteiger partial charge in [-0.3, -0.25) is 10.1 Å². The summed E-state index contributed by atoms with van der Waals surface area (Å²) in [6.07, 6.45) is -2.09. The first-order valence-electron chi connectivity index (χ1n) is 5.47. The molecule has 0 aromatic heterocycles. The third kappa shape index (κ3) is 3.92. The van der Waals surface area contributed by atoms with Crippen molar-refractivity contribution in [2.75, 3.05) is 11.9 Å². The highest BCUT2D eigenvalue weighted by Gasteiger charge is 2.18. The maximum atomic E-state index is 12.4. The first kappa shape index (κ1) is 14.3. The molecule has 5 nitrogen and oxygen atoms in total. The van der Waals surface area contributed by atoms with Gasteiger partial charge in [-0.15, -0.1) is 0 Å². The Balaban J connectivity index is 2.87. The van der Waals surface area contributed by atoms with Gasteiger partial charge in [0.2, 0.25) is 0 Å². The molecule has 3 N–H and O–H groups in total. The maximum absolute atomic E-state index is 12.4. The molecule has 0 saturated carbocycles. The Bertz CT molecular complexity index is 425. The van der Waals surface area contributed by atoms with Crippen molar-refractivity contribution in [1.82, 2.24) is 0 Å². The van der Waals surface area contributed by atoms with E-state index in [4.69, 9.17) is 5.73 Å². The van der Waals surface area contributed by atoms with E-state index in [9.17, 15) is 18.9 Å². The van der Waals surface area contributed by atoms with Crippen molar-refractivity contribution in [1.29, 1.82) is 0 Å². The minimum atomic E-state index is -2.72. The number of hydrogen-bond acceptors (Lipinski definition) is 4. The number of nitrogens with two attached hydrogens (primary N) is 1. The van der Waals surface area contributed by atoms with Gasteiger partial charge in [-0.1, -0.05) is 6.07 Å². The summed E-state index contributed by atoms with van der Waals surface area (Å²) in [5.74, 6) is 0. The second kappa shape index (κ2) is 6.25. The van der Waals surface area contributed by atoms with E-state index >= 15 is 0 Å². The second-order valence-corrected chi connectivity index (χ2v) is 4.03. The molecule has 0 aliphatic heterocycles. The van der Waals surface area contributed by atoms with Crippen molar-refractivity contribution >= 4 is 11.4 Å². The average molecular weight is 259 g/mol. The number of nitro groups is 1. The normalized spacial score (nSPS) is 12.5. The highest BCUT2D eigenvalue weighted by Crippen LogP contribution is 2.29. The molecular weight excluding hydrogens is 244 g/mol. The zero-order valence-electron chi connectivity index (χ0n) is 9.90. The Morgan fingerprint density at radius 2 is 2.17 bits per heavy atom. The lowest BCUT2D eigenvalue weighted by Crippen LogP contribution is -2.19. The molecule has 1 aromatic carbocycles. The second-order valence-electron chi connectivity index (χ2n) is 4.03. The van der Waals surface area contributed by atoms with E-state index in [-0.39, 0.29) is 23.0 Å². The number of nitro benzene ring substituents is 1. The summed E-state index contributed by atoms with van der Waals surface area (Å²) in [4.78, 5) is 10.1. The van der Waals surface area contributed by atoms with Crippen LogP contribution in [0.3, 0.4) is 0 Å². The minimum Gasteiger partial charge on any atom is -0.379 e. The van der Waals surface area contributed by atoms with E-state index in [0.29, 0.717) is 13.0 Å². The van der Waals surface area contributed by atoms with E-state index in [1.54, 1.807) is 0 Å². The van der Waals surface area contributed by atoms with E-state index in [2.05, 4.69) is 5.32 Å². The number of benzene rings is 1. The SMILES string of the molecule is CC(N)CCNc1ccc(C(F)F)cc1[N+](=O)[O-]. The maximum Gasteiger partial charge on any atom is 0.292 e. The minimum absolute atomic E-state index is 0.0307. The van der Waals surface area contributed by atoms with E-state index in [1.165, 1.54) is 12.1 Å². The lowest BCUT2D eigenvalue weighted by molar-refractivity contribution is -0.384. The van der Waals surface area contributed by atoms with Crippen LogP contribution in [0.2, 0.25) is 0 Å². The molecule has 7 heteroatoms. The van der Waals surface area contributed by atoms with Crippen molar-refractivity contribution in [2.24, 2.45) is 5.73 Å². The highest BCUT2D eigenvalue weighted by molar-refractivity contribution is 5.62. The molecule has 0 saturated heterocycles. The van der Waals surface area contributed by atoms with Gasteiger partial charge in [-0.05, 0) is 19.4 Å². The highest BCUT2D eigenvalue weighted by atomic mass is 19.3. The van der Waals surface area contributed by atoms with Crippen LogP contribution in [0.4, 0.5) is 20.2 Å². The third-order valence-electron chi connectivity index (χ3n) is 2.39. The van der Waals surface area contributed by atoms with Crippen LogP contribution in [0.1, 0.15) is 25.3 Å². The van der Waals surface area contributed by atoms with Crippen molar-refractivity contribution in [3.05, 3.63) is 33.9 Å². The Labute approximate surface area is 103 Å². The van der Waals surface area contributed by atoms with Crippen LogP contribution in [0.25, 0.3) is 0 Å². The summed E-state index contributed by atoms with van der Waals surface area (Å²) in [6, 6.07) is 3.32. The predicted molar refractivity (Wildman–Crippen MR) is 64.8 cm³/mol. The van der Waals surface area contributed by atoms with E-state index < -0.39 is 11.3 Å². The monoisotopic (exact) mass is 259 g/mol. The molecule has 0 radical (unpaired) electrons. The largest absolute Gasteiger partial charge is 0.379 e. The summed E-state index contributed by atoms with van der Waals surface area (Å²) in [6.45, 7) is 2.27. The van der Waals surface area contributed by atoms with Crippen LogP contribution in [-0.2, 0) is 0 Å².